The van der Waals surface area contributed by atoms with E-state index in [0.717, 1.165) is 21.6 Å². The molecule has 0 aromatic heterocycles. The largest absolute Gasteiger partial charge is 0.457 e. The maximum absolute atomic E-state index is 13.2. The van der Waals surface area contributed by atoms with Crippen LogP contribution in [0.1, 0.15) is 72.0 Å². The van der Waals surface area contributed by atoms with Crippen molar-refractivity contribution in [2.75, 3.05) is 11.9 Å². The summed E-state index contributed by atoms with van der Waals surface area (Å²) in [6, 6.07) is 32.7. The predicted molar refractivity (Wildman–Crippen MR) is 177 cm³/mol. The number of benzene rings is 5. The zero-order valence-corrected chi connectivity index (χ0v) is 26.2. The normalized spacial score (nSPS) is 14.0. The summed E-state index contributed by atoms with van der Waals surface area (Å²) in [7, 11) is 1.47. The molecule has 0 unspecified atom stereocenters. The van der Waals surface area contributed by atoms with Crippen LogP contribution in [0.2, 0.25) is 0 Å². The molecule has 47 heavy (non-hydrogen) atoms. The van der Waals surface area contributed by atoms with E-state index in [-0.39, 0.29) is 29.0 Å². The van der Waals surface area contributed by atoms with Gasteiger partial charge in [0.15, 0.2) is 0 Å². The Morgan fingerprint density at radius 3 is 1.49 bits per heavy atom. The lowest BCUT2D eigenvalue weighted by Gasteiger charge is -2.26. The number of imide groups is 2. The molecule has 0 N–H and O–H groups in total. The summed E-state index contributed by atoms with van der Waals surface area (Å²) in [6.07, 6.45) is 0. The molecular weight excluding hydrogens is 592 g/mol. The number of fused-ring (bicyclic) bond motifs is 2. The van der Waals surface area contributed by atoms with Gasteiger partial charge in [0.25, 0.3) is 23.6 Å². The molecule has 0 bridgehead atoms. The summed E-state index contributed by atoms with van der Waals surface area (Å²) in [5.74, 6) is 0.769. The van der Waals surface area contributed by atoms with E-state index < -0.39 is 0 Å². The summed E-state index contributed by atoms with van der Waals surface area (Å²) < 4.78 is 12.1. The Morgan fingerprint density at radius 2 is 0.957 bits per heavy atom. The van der Waals surface area contributed by atoms with Crippen molar-refractivity contribution >= 4 is 29.3 Å². The van der Waals surface area contributed by atoms with Crippen molar-refractivity contribution in [1.82, 2.24) is 4.90 Å². The van der Waals surface area contributed by atoms with Gasteiger partial charge in [0.1, 0.15) is 23.0 Å². The minimum absolute atomic E-state index is 0.312. The van der Waals surface area contributed by atoms with Crippen molar-refractivity contribution in [3.63, 3.8) is 0 Å². The van der Waals surface area contributed by atoms with Crippen molar-refractivity contribution in [3.05, 3.63) is 148 Å². The highest BCUT2D eigenvalue weighted by Crippen LogP contribution is 2.37. The van der Waals surface area contributed by atoms with Crippen LogP contribution in [0, 0.1) is 6.92 Å². The van der Waals surface area contributed by atoms with Crippen LogP contribution in [0.15, 0.2) is 109 Å². The monoisotopic (exact) mass is 622 g/mol. The minimum atomic E-state index is -0.374. The Morgan fingerprint density at radius 1 is 0.511 bits per heavy atom. The molecule has 0 saturated heterocycles. The number of aryl methyl sites for hydroxylation is 1. The van der Waals surface area contributed by atoms with Gasteiger partial charge in [0, 0.05) is 12.5 Å². The van der Waals surface area contributed by atoms with E-state index in [1.54, 1.807) is 42.5 Å². The highest BCUT2D eigenvalue weighted by molar-refractivity contribution is 6.34. The third kappa shape index (κ3) is 5.13. The molecule has 5 aromatic carbocycles. The second kappa shape index (κ2) is 11.1. The summed E-state index contributed by atoms with van der Waals surface area (Å²) in [5.41, 5.74) is 4.66. The van der Waals surface area contributed by atoms with Crippen LogP contribution < -0.4 is 14.4 Å². The standard InChI is InChI=1S/C39H30N2O6/c1-23-6-5-7-26(20-23)41-37(44)32-19-17-30(22-34(32)38(41)45)47-28-14-10-25(11-15-28)39(2,3)24-8-12-27(13-9-24)46-29-16-18-31-33(21-29)36(43)40(4)35(31)42/h5-22H,1-4H3. The number of carbonyl (C=O) groups is 4. The number of rotatable bonds is 7. The second-order valence-corrected chi connectivity index (χ2v) is 12.2. The van der Waals surface area contributed by atoms with Gasteiger partial charge in [-0.2, -0.15) is 0 Å². The molecule has 0 fully saturated rings. The van der Waals surface area contributed by atoms with Gasteiger partial charge in [-0.1, -0.05) is 50.2 Å². The number of anilines is 1. The first-order valence-electron chi connectivity index (χ1n) is 15.1. The smallest absolute Gasteiger partial charge is 0.266 e. The zero-order chi connectivity index (χ0) is 33.0. The number of ether oxygens (including phenoxy) is 2. The molecule has 4 amide bonds. The molecule has 0 saturated carbocycles. The van der Waals surface area contributed by atoms with E-state index in [9.17, 15) is 19.2 Å². The minimum Gasteiger partial charge on any atom is -0.457 e. The molecule has 0 spiro atoms. The van der Waals surface area contributed by atoms with Crippen molar-refractivity contribution < 1.29 is 28.7 Å². The lowest BCUT2D eigenvalue weighted by Crippen LogP contribution is -2.29. The number of nitrogens with zero attached hydrogens (tertiary/aromatic N) is 2. The van der Waals surface area contributed by atoms with E-state index in [2.05, 4.69) is 13.8 Å². The lowest BCUT2D eigenvalue weighted by molar-refractivity contribution is 0.0692. The maximum atomic E-state index is 13.2. The predicted octanol–water partition coefficient (Wildman–Crippen LogP) is 7.93. The molecule has 232 valence electrons. The summed E-state index contributed by atoms with van der Waals surface area (Å²) >= 11 is 0. The average molecular weight is 623 g/mol. The summed E-state index contributed by atoms with van der Waals surface area (Å²) in [6.45, 7) is 6.17. The molecule has 0 radical (unpaired) electrons. The molecule has 0 atom stereocenters. The lowest BCUT2D eigenvalue weighted by atomic mass is 9.78. The molecule has 0 aliphatic carbocycles. The van der Waals surface area contributed by atoms with Crippen LogP contribution in [0.3, 0.4) is 0 Å². The van der Waals surface area contributed by atoms with E-state index in [0.29, 0.717) is 50.9 Å². The molecule has 2 aliphatic heterocycles. The van der Waals surface area contributed by atoms with Gasteiger partial charge < -0.3 is 9.47 Å². The number of carbonyl (C=O) groups excluding carboxylic acids is 4. The molecule has 8 nitrogen and oxygen atoms in total. The van der Waals surface area contributed by atoms with Gasteiger partial charge in [-0.3, -0.25) is 24.1 Å². The molecule has 2 aliphatic rings. The van der Waals surface area contributed by atoms with E-state index in [4.69, 9.17) is 9.47 Å². The molecule has 8 heteroatoms. The first-order chi connectivity index (χ1) is 22.5. The van der Waals surface area contributed by atoms with E-state index in [1.165, 1.54) is 11.9 Å². The van der Waals surface area contributed by atoms with Gasteiger partial charge in [-0.25, -0.2) is 4.90 Å². The Balaban J connectivity index is 1.04. The van der Waals surface area contributed by atoms with Crippen LogP contribution in [0.5, 0.6) is 23.0 Å². The van der Waals surface area contributed by atoms with E-state index in [1.807, 2.05) is 73.7 Å². The van der Waals surface area contributed by atoms with Crippen molar-refractivity contribution in [1.29, 1.82) is 0 Å². The number of hydrogen-bond acceptors (Lipinski definition) is 6. The van der Waals surface area contributed by atoms with Gasteiger partial charge in [0.05, 0.1) is 27.9 Å². The molecular formula is C39H30N2O6. The van der Waals surface area contributed by atoms with Crippen molar-refractivity contribution in [3.8, 4) is 23.0 Å². The first-order valence-corrected chi connectivity index (χ1v) is 15.1. The van der Waals surface area contributed by atoms with Crippen molar-refractivity contribution in [2.24, 2.45) is 0 Å². The summed E-state index contributed by atoms with van der Waals surface area (Å²) in [5, 5.41) is 0. The van der Waals surface area contributed by atoms with Gasteiger partial charge in [0.2, 0.25) is 0 Å². The van der Waals surface area contributed by atoms with Crippen LogP contribution in [0.25, 0.3) is 0 Å². The third-order valence-electron chi connectivity index (χ3n) is 8.80. The quantitative estimate of drug-likeness (QED) is 0.171. The van der Waals surface area contributed by atoms with E-state index >= 15 is 0 Å². The Kier molecular flexibility index (Phi) is 7.01. The Labute approximate surface area is 271 Å². The van der Waals surface area contributed by atoms with Crippen molar-refractivity contribution in [2.45, 2.75) is 26.2 Å². The Bertz CT molecular complexity index is 2120. The number of amides is 4. The van der Waals surface area contributed by atoms with Crippen LogP contribution >= 0.6 is 0 Å². The molecule has 2 heterocycles. The van der Waals surface area contributed by atoms with Crippen LogP contribution in [-0.4, -0.2) is 35.6 Å². The molecule has 5 aromatic rings. The highest BCUT2D eigenvalue weighted by Gasteiger charge is 2.37. The van der Waals surface area contributed by atoms with Gasteiger partial charge in [-0.15, -0.1) is 0 Å². The fourth-order valence-electron chi connectivity index (χ4n) is 6.01. The second-order valence-electron chi connectivity index (χ2n) is 12.2. The van der Waals surface area contributed by atoms with Gasteiger partial charge in [-0.05, 0) is 96.4 Å². The summed E-state index contributed by atoms with van der Waals surface area (Å²) in [4.78, 5) is 53.1. The number of hydrogen-bond donors (Lipinski definition) is 0. The fourth-order valence-corrected chi connectivity index (χ4v) is 6.01. The van der Waals surface area contributed by atoms with Gasteiger partial charge >= 0.3 is 0 Å². The molecule has 7 rings (SSSR count). The van der Waals surface area contributed by atoms with Crippen LogP contribution in [0.4, 0.5) is 5.69 Å². The topological polar surface area (TPSA) is 93.2 Å². The highest BCUT2D eigenvalue weighted by atomic mass is 16.5. The average Bonchev–Trinajstić information content (AvgIpc) is 3.44. The van der Waals surface area contributed by atoms with Crippen LogP contribution in [-0.2, 0) is 5.41 Å². The fraction of sp³-hybridized carbons (Fsp3) is 0.128. The maximum Gasteiger partial charge on any atom is 0.266 e. The first kappa shape index (κ1) is 29.7. The SMILES string of the molecule is Cc1cccc(N2C(=O)c3ccc(Oc4ccc(C(C)(C)c5ccc(Oc6ccc7c(c6)C(=O)N(C)C7=O)cc5)cc4)cc3C2=O)c1. The zero-order valence-electron chi connectivity index (χ0n) is 26.2. The Hall–Kier alpha value is -6.02. The third-order valence-corrected chi connectivity index (χ3v) is 8.80.